The van der Waals surface area contributed by atoms with Gasteiger partial charge in [0, 0.05) is 5.02 Å². The molecule has 0 unspecified atom stereocenters. The molecule has 1 heterocycles. The van der Waals surface area contributed by atoms with Crippen LogP contribution in [0, 0.1) is 18.3 Å². The number of fused-ring (bicyclic) bond motifs is 1. The van der Waals surface area contributed by atoms with Gasteiger partial charge in [0.2, 0.25) is 0 Å². The minimum absolute atomic E-state index is 0.346. The Labute approximate surface area is 127 Å². The number of nitriles is 1. The number of benzene rings is 2. The van der Waals surface area contributed by atoms with Crippen LogP contribution in [0.15, 0.2) is 30.3 Å². The standard InChI is InChI=1S/C15H11BClNO3/c1-9-4-15(10(7-18)6-14(9)17)21-12-2-3-13-11(5-12)8-20-16(13)19/h2-6,19H,8H2,1H3. The van der Waals surface area contributed by atoms with E-state index in [9.17, 15) is 5.02 Å². The highest BCUT2D eigenvalue weighted by Crippen LogP contribution is 2.30. The lowest BCUT2D eigenvalue weighted by Gasteiger charge is -2.10. The summed E-state index contributed by atoms with van der Waals surface area (Å²) in [5.74, 6) is 1.04. The summed E-state index contributed by atoms with van der Waals surface area (Å²) in [6, 6.07) is 10.7. The molecule has 0 aliphatic carbocycles. The van der Waals surface area contributed by atoms with E-state index < -0.39 is 7.12 Å². The van der Waals surface area contributed by atoms with E-state index in [0.717, 1.165) is 16.6 Å². The van der Waals surface area contributed by atoms with Crippen molar-refractivity contribution in [1.29, 1.82) is 5.26 Å². The fourth-order valence-corrected chi connectivity index (χ4v) is 2.39. The van der Waals surface area contributed by atoms with Crippen LogP contribution < -0.4 is 10.2 Å². The zero-order chi connectivity index (χ0) is 15.0. The molecule has 0 radical (unpaired) electrons. The van der Waals surface area contributed by atoms with Crippen LogP contribution in [0.25, 0.3) is 0 Å². The van der Waals surface area contributed by atoms with Gasteiger partial charge >= 0.3 is 7.12 Å². The molecule has 0 aromatic heterocycles. The van der Waals surface area contributed by atoms with Crippen LogP contribution in [0.3, 0.4) is 0 Å². The van der Waals surface area contributed by atoms with Gasteiger partial charge in [0.25, 0.3) is 0 Å². The summed E-state index contributed by atoms with van der Waals surface area (Å²) in [6.45, 7) is 2.20. The topological polar surface area (TPSA) is 62.5 Å². The monoisotopic (exact) mass is 299 g/mol. The van der Waals surface area contributed by atoms with Gasteiger partial charge in [0.05, 0.1) is 12.2 Å². The fourth-order valence-electron chi connectivity index (χ4n) is 2.22. The molecular weight excluding hydrogens is 288 g/mol. The van der Waals surface area contributed by atoms with E-state index in [0.29, 0.717) is 28.7 Å². The molecule has 21 heavy (non-hydrogen) atoms. The number of halogens is 1. The SMILES string of the molecule is Cc1cc(Oc2ccc3c(c2)COB3O)c(C#N)cc1Cl. The maximum atomic E-state index is 9.59. The number of hydrogen-bond donors (Lipinski definition) is 1. The van der Waals surface area contributed by atoms with Gasteiger partial charge < -0.3 is 14.4 Å². The molecule has 0 atom stereocenters. The summed E-state index contributed by atoms with van der Waals surface area (Å²) < 4.78 is 10.9. The average Bonchev–Trinajstić information content (AvgIpc) is 2.84. The van der Waals surface area contributed by atoms with Gasteiger partial charge in [-0.05, 0) is 47.8 Å². The number of rotatable bonds is 2. The van der Waals surface area contributed by atoms with E-state index in [1.807, 2.05) is 6.92 Å². The molecule has 0 amide bonds. The van der Waals surface area contributed by atoms with E-state index in [4.69, 9.17) is 26.3 Å². The summed E-state index contributed by atoms with van der Waals surface area (Å²) in [5.41, 5.74) is 2.84. The van der Waals surface area contributed by atoms with Crippen LogP contribution in [-0.2, 0) is 11.3 Å². The van der Waals surface area contributed by atoms with Gasteiger partial charge in [0.15, 0.2) is 0 Å². The van der Waals surface area contributed by atoms with E-state index in [-0.39, 0.29) is 0 Å². The van der Waals surface area contributed by atoms with Crippen molar-refractivity contribution >= 4 is 24.2 Å². The van der Waals surface area contributed by atoms with Crippen molar-refractivity contribution in [2.75, 3.05) is 0 Å². The van der Waals surface area contributed by atoms with E-state index in [1.54, 1.807) is 30.3 Å². The molecule has 4 nitrogen and oxygen atoms in total. The Morgan fingerprint density at radius 1 is 1.38 bits per heavy atom. The molecule has 0 fully saturated rings. The molecule has 0 spiro atoms. The second kappa shape index (κ2) is 5.42. The molecule has 6 heteroatoms. The van der Waals surface area contributed by atoms with Gasteiger partial charge in [0.1, 0.15) is 17.6 Å². The van der Waals surface area contributed by atoms with Crippen LogP contribution in [0.4, 0.5) is 0 Å². The summed E-state index contributed by atoms with van der Waals surface area (Å²) in [5, 5.41) is 19.3. The lowest BCUT2D eigenvalue weighted by Crippen LogP contribution is -2.27. The largest absolute Gasteiger partial charge is 0.491 e. The van der Waals surface area contributed by atoms with Crippen molar-refractivity contribution in [3.63, 3.8) is 0 Å². The van der Waals surface area contributed by atoms with Crippen molar-refractivity contribution in [2.24, 2.45) is 0 Å². The lowest BCUT2D eigenvalue weighted by atomic mass is 9.80. The second-order valence-electron chi connectivity index (χ2n) is 4.84. The van der Waals surface area contributed by atoms with Gasteiger partial charge in [-0.15, -0.1) is 0 Å². The predicted molar refractivity (Wildman–Crippen MR) is 79.8 cm³/mol. The molecule has 1 N–H and O–H groups in total. The maximum absolute atomic E-state index is 9.59. The third-order valence-corrected chi connectivity index (χ3v) is 3.79. The molecule has 104 valence electrons. The van der Waals surface area contributed by atoms with Crippen LogP contribution >= 0.6 is 11.6 Å². The van der Waals surface area contributed by atoms with Crippen molar-refractivity contribution in [3.8, 4) is 17.6 Å². The maximum Gasteiger partial charge on any atom is 0.491 e. The van der Waals surface area contributed by atoms with Gasteiger partial charge in [-0.25, -0.2) is 0 Å². The highest BCUT2D eigenvalue weighted by atomic mass is 35.5. The van der Waals surface area contributed by atoms with E-state index >= 15 is 0 Å². The van der Waals surface area contributed by atoms with Crippen molar-refractivity contribution in [1.82, 2.24) is 0 Å². The molecular formula is C15H11BClNO3. The molecule has 1 aliphatic heterocycles. The minimum atomic E-state index is -0.874. The van der Waals surface area contributed by atoms with Gasteiger partial charge in [-0.2, -0.15) is 5.26 Å². The van der Waals surface area contributed by atoms with Gasteiger partial charge in [-0.3, -0.25) is 0 Å². The van der Waals surface area contributed by atoms with Crippen LogP contribution in [0.2, 0.25) is 5.02 Å². The fraction of sp³-hybridized carbons (Fsp3) is 0.133. The van der Waals surface area contributed by atoms with Gasteiger partial charge in [-0.1, -0.05) is 17.7 Å². The lowest BCUT2D eigenvalue weighted by molar-refractivity contribution is 0.275. The Kier molecular flexibility index (Phi) is 3.60. The molecule has 0 saturated carbocycles. The highest BCUT2D eigenvalue weighted by molar-refractivity contribution is 6.61. The van der Waals surface area contributed by atoms with Crippen LogP contribution in [0.5, 0.6) is 11.5 Å². The highest BCUT2D eigenvalue weighted by Gasteiger charge is 2.27. The Hall–Kier alpha value is -2.00. The number of aryl methyl sites for hydroxylation is 1. The Morgan fingerprint density at radius 2 is 2.19 bits per heavy atom. The first kappa shape index (κ1) is 14.0. The third kappa shape index (κ3) is 2.61. The molecule has 2 aromatic rings. The summed E-state index contributed by atoms with van der Waals surface area (Å²) in [6.07, 6.45) is 0. The molecule has 0 bridgehead atoms. The third-order valence-electron chi connectivity index (χ3n) is 3.39. The first-order chi connectivity index (χ1) is 10.1. The molecule has 1 aliphatic rings. The molecule has 3 rings (SSSR count). The molecule has 2 aromatic carbocycles. The number of hydrogen-bond acceptors (Lipinski definition) is 4. The number of nitrogens with zero attached hydrogens (tertiary/aromatic N) is 1. The predicted octanol–water partition coefficient (Wildman–Crippen LogP) is 2.53. The Balaban J connectivity index is 1.95. The normalized spacial score (nSPS) is 13.0. The van der Waals surface area contributed by atoms with E-state index in [1.165, 1.54) is 0 Å². The Morgan fingerprint density at radius 3 is 2.95 bits per heavy atom. The quantitative estimate of drug-likeness (QED) is 0.866. The average molecular weight is 300 g/mol. The summed E-state index contributed by atoms with van der Waals surface area (Å²) in [7, 11) is -0.874. The smallest absolute Gasteiger partial charge is 0.456 e. The van der Waals surface area contributed by atoms with Crippen molar-refractivity contribution in [3.05, 3.63) is 52.0 Å². The zero-order valence-electron chi connectivity index (χ0n) is 11.3. The van der Waals surface area contributed by atoms with Crippen LogP contribution in [-0.4, -0.2) is 12.1 Å². The number of ether oxygens (including phenoxy) is 1. The summed E-state index contributed by atoms with van der Waals surface area (Å²) in [4.78, 5) is 0. The zero-order valence-corrected chi connectivity index (χ0v) is 12.0. The van der Waals surface area contributed by atoms with E-state index in [2.05, 4.69) is 6.07 Å². The first-order valence-electron chi connectivity index (χ1n) is 6.39. The minimum Gasteiger partial charge on any atom is -0.456 e. The van der Waals surface area contributed by atoms with Crippen molar-refractivity contribution < 1.29 is 14.4 Å². The Bertz CT molecular complexity index is 757. The summed E-state index contributed by atoms with van der Waals surface area (Å²) >= 11 is 6.01. The molecule has 0 saturated heterocycles. The first-order valence-corrected chi connectivity index (χ1v) is 6.77. The van der Waals surface area contributed by atoms with Crippen LogP contribution in [0.1, 0.15) is 16.7 Å². The van der Waals surface area contributed by atoms with Crippen molar-refractivity contribution in [2.45, 2.75) is 13.5 Å². The second-order valence-corrected chi connectivity index (χ2v) is 5.24.